The number of allylic oxidation sites excluding steroid dienone is 6. The molecule has 0 N–H and O–H groups in total. The first-order valence-corrected chi connectivity index (χ1v) is 8.83. The minimum Gasteiger partial charge on any atom is -0.299 e. The molecule has 21 heavy (non-hydrogen) atoms. The molecule has 0 aromatic carbocycles. The number of hydrogen-bond acceptors (Lipinski definition) is 1. The summed E-state index contributed by atoms with van der Waals surface area (Å²) in [6.45, 7) is 2.25. The Morgan fingerprint density at radius 1 is 0.571 bits per heavy atom. The van der Waals surface area contributed by atoms with E-state index in [0.29, 0.717) is 0 Å². The number of rotatable bonds is 15. The second kappa shape index (κ2) is 18.9. The molecule has 0 aromatic rings. The minimum atomic E-state index is 0.810. The van der Waals surface area contributed by atoms with E-state index in [1.807, 2.05) is 6.08 Å². The molecular weight excluding hydrogens is 256 g/mol. The maximum atomic E-state index is 10.0. The zero-order valence-electron chi connectivity index (χ0n) is 13.9. The second-order valence-electron chi connectivity index (χ2n) is 5.61. The van der Waals surface area contributed by atoms with Gasteiger partial charge in [0.2, 0.25) is 0 Å². The average Bonchev–Trinajstić information content (AvgIpc) is 2.50. The van der Waals surface area contributed by atoms with E-state index in [1.165, 1.54) is 76.7 Å². The van der Waals surface area contributed by atoms with Crippen molar-refractivity contribution in [3.63, 3.8) is 0 Å². The molecule has 0 bridgehead atoms. The lowest BCUT2D eigenvalue weighted by molar-refractivity contribution is -0.104. The summed E-state index contributed by atoms with van der Waals surface area (Å²) < 4.78 is 0. The van der Waals surface area contributed by atoms with Gasteiger partial charge in [-0.25, -0.2) is 0 Å². The van der Waals surface area contributed by atoms with Crippen LogP contribution < -0.4 is 0 Å². The predicted molar refractivity (Wildman–Crippen MR) is 94.6 cm³/mol. The molecule has 0 rings (SSSR count). The maximum Gasteiger partial charge on any atom is 0.142 e. The Kier molecular flexibility index (Phi) is 17.9. The molecule has 0 aliphatic heterocycles. The third-order valence-electron chi connectivity index (χ3n) is 3.57. The fourth-order valence-corrected chi connectivity index (χ4v) is 2.26. The fraction of sp³-hybridized carbons (Fsp3) is 0.650. The standard InChI is InChI=1S/C20H34O/c1-2-3-4-5-6-7-8-9-10-11-12-13-14-15-16-17-18-19-20-21/h6-7,16-20H,2-5,8-15H2,1H3/b7-6-,17-16+,19-18+. The summed E-state index contributed by atoms with van der Waals surface area (Å²) in [5, 5.41) is 0. The van der Waals surface area contributed by atoms with Crippen LogP contribution in [0, 0.1) is 0 Å². The van der Waals surface area contributed by atoms with E-state index >= 15 is 0 Å². The second-order valence-corrected chi connectivity index (χ2v) is 5.61. The SMILES string of the molecule is CCCCC/C=C\CCCCCCCC/C=C/C=C/C=O. The van der Waals surface area contributed by atoms with Crippen molar-refractivity contribution in [1.82, 2.24) is 0 Å². The van der Waals surface area contributed by atoms with E-state index in [2.05, 4.69) is 25.2 Å². The van der Waals surface area contributed by atoms with Crippen molar-refractivity contribution < 1.29 is 4.79 Å². The molecule has 0 fully saturated rings. The van der Waals surface area contributed by atoms with Gasteiger partial charge in [0.1, 0.15) is 6.29 Å². The lowest BCUT2D eigenvalue weighted by Gasteiger charge is -1.99. The van der Waals surface area contributed by atoms with Crippen LogP contribution in [0.4, 0.5) is 0 Å². The van der Waals surface area contributed by atoms with Gasteiger partial charge >= 0.3 is 0 Å². The normalized spacial score (nSPS) is 12.0. The highest BCUT2D eigenvalue weighted by Gasteiger charge is 1.90. The molecule has 0 saturated heterocycles. The fourth-order valence-electron chi connectivity index (χ4n) is 2.26. The highest BCUT2D eigenvalue weighted by Crippen LogP contribution is 2.09. The molecule has 0 aliphatic carbocycles. The Bertz CT molecular complexity index is 286. The van der Waals surface area contributed by atoms with E-state index in [0.717, 1.165) is 12.7 Å². The van der Waals surface area contributed by atoms with Gasteiger partial charge in [-0.15, -0.1) is 0 Å². The molecule has 0 atom stereocenters. The molecular formula is C20H34O. The molecule has 0 aliphatic rings. The zero-order valence-corrected chi connectivity index (χ0v) is 13.9. The quantitative estimate of drug-likeness (QED) is 0.110. The van der Waals surface area contributed by atoms with Crippen LogP contribution in [0.25, 0.3) is 0 Å². The Hall–Kier alpha value is -1.11. The van der Waals surface area contributed by atoms with Gasteiger partial charge in [0.05, 0.1) is 0 Å². The minimum absolute atomic E-state index is 0.810. The first kappa shape index (κ1) is 19.9. The maximum absolute atomic E-state index is 10.0. The van der Waals surface area contributed by atoms with Crippen LogP contribution in [0.2, 0.25) is 0 Å². The van der Waals surface area contributed by atoms with E-state index in [-0.39, 0.29) is 0 Å². The molecule has 0 spiro atoms. The molecule has 0 heterocycles. The third-order valence-corrected chi connectivity index (χ3v) is 3.57. The first-order valence-electron chi connectivity index (χ1n) is 8.83. The van der Waals surface area contributed by atoms with Crippen LogP contribution in [0.3, 0.4) is 0 Å². The van der Waals surface area contributed by atoms with Crippen LogP contribution in [-0.2, 0) is 4.79 Å². The summed E-state index contributed by atoms with van der Waals surface area (Å²) in [7, 11) is 0. The summed E-state index contributed by atoms with van der Waals surface area (Å²) in [6.07, 6.45) is 28.7. The molecule has 0 saturated carbocycles. The highest BCUT2D eigenvalue weighted by atomic mass is 16.1. The van der Waals surface area contributed by atoms with Crippen molar-refractivity contribution in [3.05, 3.63) is 36.5 Å². The third kappa shape index (κ3) is 18.9. The average molecular weight is 290 g/mol. The van der Waals surface area contributed by atoms with Crippen molar-refractivity contribution >= 4 is 6.29 Å². The molecule has 0 aromatic heterocycles. The van der Waals surface area contributed by atoms with Crippen LogP contribution in [0.5, 0.6) is 0 Å². The summed E-state index contributed by atoms with van der Waals surface area (Å²) in [4.78, 5) is 10.0. The Balaban J connectivity index is 3.13. The van der Waals surface area contributed by atoms with Gasteiger partial charge in [0.25, 0.3) is 0 Å². The monoisotopic (exact) mass is 290 g/mol. The molecule has 1 nitrogen and oxygen atoms in total. The van der Waals surface area contributed by atoms with Gasteiger partial charge in [-0.2, -0.15) is 0 Å². The van der Waals surface area contributed by atoms with Crippen LogP contribution in [0.1, 0.15) is 84.0 Å². The summed E-state index contributed by atoms with van der Waals surface area (Å²) in [5.41, 5.74) is 0. The number of unbranched alkanes of at least 4 members (excludes halogenated alkanes) is 10. The summed E-state index contributed by atoms with van der Waals surface area (Å²) >= 11 is 0. The van der Waals surface area contributed by atoms with Crippen molar-refractivity contribution in [3.8, 4) is 0 Å². The lowest BCUT2D eigenvalue weighted by Crippen LogP contribution is -1.79. The smallest absolute Gasteiger partial charge is 0.142 e. The Morgan fingerprint density at radius 2 is 1.10 bits per heavy atom. The topological polar surface area (TPSA) is 17.1 Å². The Labute approximate surface area is 132 Å². The van der Waals surface area contributed by atoms with Gasteiger partial charge in [0.15, 0.2) is 0 Å². The number of hydrogen-bond donors (Lipinski definition) is 0. The molecule has 0 amide bonds. The van der Waals surface area contributed by atoms with E-state index in [4.69, 9.17) is 0 Å². The number of carbonyl (C=O) groups is 1. The van der Waals surface area contributed by atoms with Gasteiger partial charge < -0.3 is 0 Å². The number of carbonyl (C=O) groups excluding carboxylic acids is 1. The molecule has 1 heteroatoms. The van der Waals surface area contributed by atoms with Gasteiger partial charge in [0, 0.05) is 0 Å². The lowest BCUT2D eigenvalue weighted by atomic mass is 10.1. The highest BCUT2D eigenvalue weighted by molar-refractivity contribution is 5.65. The van der Waals surface area contributed by atoms with E-state index in [9.17, 15) is 4.79 Å². The number of aldehydes is 1. The van der Waals surface area contributed by atoms with Crippen LogP contribution in [0.15, 0.2) is 36.5 Å². The molecule has 0 unspecified atom stereocenters. The predicted octanol–water partition coefficient (Wildman–Crippen LogP) is 6.56. The molecule has 0 radical (unpaired) electrons. The van der Waals surface area contributed by atoms with Crippen molar-refractivity contribution in [2.45, 2.75) is 84.0 Å². The summed E-state index contributed by atoms with van der Waals surface area (Å²) in [6, 6.07) is 0. The first-order chi connectivity index (χ1) is 10.4. The van der Waals surface area contributed by atoms with E-state index < -0.39 is 0 Å². The summed E-state index contributed by atoms with van der Waals surface area (Å²) in [5.74, 6) is 0. The van der Waals surface area contributed by atoms with Gasteiger partial charge in [-0.05, 0) is 44.6 Å². The largest absolute Gasteiger partial charge is 0.299 e. The van der Waals surface area contributed by atoms with Crippen molar-refractivity contribution in [2.75, 3.05) is 0 Å². The van der Waals surface area contributed by atoms with Crippen molar-refractivity contribution in [1.29, 1.82) is 0 Å². The van der Waals surface area contributed by atoms with Crippen molar-refractivity contribution in [2.24, 2.45) is 0 Å². The molecule has 120 valence electrons. The van der Waals surface area contributed by atoms with Gasteiger partial charge in [-0.3, -0.25) is 4.79 Å². The Morgan fingerprint density at radius 3 is 1.67 bits per heavy atom. The van der Waals surface area contributed by atoms with Crippen LogP contribution >= 0.6 is 0 Å². The van der Waals surface area contributed by atoms with E-state index in [1.54, 1.807) is 6.08 Å². The zero-order chi connectivity index (χ0) is 15.4. The van der Waals surface area contributed by atoms with Crippen LogP contribution in [-0.4, -0.2) is 6.29 Å². The van der Waals surface area contributed by atoms with Gasteiger partial charge in [-0.1, -0.05) is 75.8 Å².